The van der Waals surface area contributed by atoms with Gasteiger partial charge in [-0.2, -0.15) is 0 Å². The fourth-order valence-electron chi connectivity index (χ4n) is 3.15. The van der Waals surface area contributed by atoms with Gasteiger partial charge in [-0.1, -0.05) is 12.1 Å². The Hall–Kier alpha value is -2.11. The fourth-order valence-corrected chi connectivity index (χ4v) is 3.15. The summed E-state index contributed by atoms with van der Waals surface area (Å²) in [5.41, 5.74) is 2.00. The Morgan fingerprint density at radius 1 is 1.26 bits per heavy atom. The van der Waals surface area contributed by atoms with Crippen LogP contribution in [0.15, 0.2) is 42.5 Å². The van der Waals surface area contributed by atoms with E-state index in [1.54, 1.807) is 12.1 Å². The van der Waals surface area contributed by atoms with Crippen molar-refractivity contribution < 1.29 is 13.9 Å². The molecule has 2 N–H and O–H groups in total. The van der Waals surface area contributed by atoms with E-state index in [0.29, 0.717) is 24.6 Å². The normalized spacial score (nSPS) is 15.9. The average Bonchev–Trinajstić information content (AvgIpc) is 3.15. The van der Waals surface area contributed by atoms with Crippen LogP contribution in [0.3, 0.4) is 0 Å². The van der Waals surface area contributed by atoms with Gasteiger partial charge in [-0.05, 0) is 80.2 Å². The summed E-state index contributed by atoms with van der Waals surface area (Å²) in [7, 11) is 0. The predicted molar refractivity (Wildman–Crippen MR) is 107 cm³/mol. The Bertz CT molecular complexity index is 746. The maximum Gasteiger partial charge on any atom is 0.220 e. The van der Waals surface area contributed by atoms with E-state index in [0.717, 1.165) is 36.4 Å². The van der Waals surface area contributed by atoms with Gasteiger partial charge in [0.2, 0.25) is 5.91 Å². The fraction of sp³-hybridized carbons (Fsp3) is 0.381. The second-order valence-corrected chi connectivity index (χ2v) is 6.83. The minimum Gasteiger partial charge on any atom is -0.457 e. The maximum atomic E-state index is 13.0. The maximum absolute atomic E-state index is 13.0. The summed E-state index contributed by atoms with van der Waals surface area (Å²) in [6.07, 6.45) is 2.70. The van der Waals surface area contributed by atoms with Crippen molar-refractivity contribution in [2.24, 2.45) is 5.92 Å². The Morgan fingerprint density at radius 2 is 2.04 bits per heavy atom. The molecular weight excluding hydrogens is 367 g/mol. The van der Waals surface area contributed by atoms with Crippen LogP contribution in [0.5, 0.6) is 11.5 Å². The molecule has 2 aromatic rings. The highest BCUT2D eigenvalue weighted by atomic mass is 35.5. The molecule has 2 aromatic carbocycles. The van der Waals surface area contributed by atoms with Gasteiger partial charge in [0.25, 0.3) is 0 Å². The second-order valence-electron chi connectivity index (χ2n) is 6.83. The SMILES string of the molecule is Cc1cc(CNC(=O)CCC2CCNC2)ccc1Oc1ccc(F)cc1.Cl. The molecule has 27 heavy (non-hydrogen) atoms. The van der Waals surface area contributed by atoms with Crippen molar-refractivity contribution in [2.45, 2.75) is 32.7 Å². The molecule has 0 aromatic heterocycles. The molecule has 0 spiro atoms. The predicted octanol–water partition coefficient (Wildman–Crippen LogP) is 4.35. The molecule has 1 unspecified atom stereocenters. The van der Waals surface area contributed by atoms with E-state index in [-0.39, 0.29) is 24.1 Å². The number of benzene rings is 2. The first-order valence-electron chi connectivity index (χ1n) is 9.10. The lowest BCUT2D eigenvalue weighted by atomic mass is 10.0. The van der Waals surface area contributed by atoms with Crippen LogP contribution in [0.2, 0.25) is 0 Å². The van der Waals surface area contributed by atoms with Crippen molar-refractivity contribution in [2.75, 3.05) is 13.1 Å². The summed E-state index contributed by atoms with van der Waals surface area (Å²) in [5, 5.41) is 6.31. The lowest BCUT2D eigenvalue weighted by Gasteiger charge is -2.12. The van der Waals surface area contributed by atoms with Gasteiger partial charge in [0.05, 0.1) is 0 Å². The van der Waals surface area contributed by atoms with Crippen molar-refractivity contribution in [1.82, 2.24) is 10.6 Å². The molecule has 0 radical (unpaired) electrons. The van der Waals surface area contributed by atoms with Crippen LogP contribution in [0.4, 0.5) is 4.39 Å². The van der Waals surface area contributed by atoms with Crippen LogP contribution in [-0.2, 0) is 11.3 Å². The molecule has 0 saturated carbocycles. The number of amides is 1. The minimum atomic E-state index is -0.288. The van der Waals surface area contributed by atoms with Crippen molar-refractivity contribution >= 4 is 18.3 Å². The molecule has 3 rings (SSSR count). The molecule has 146 valence electrons. The van der Waals surface area contributed by atoms with Crippen molar-refractivity contribution in [3.63, 3.8) is 0 Å². The smallest absolute Gasteiger partial charge is 0.220 e. The van der Waals surface area contributed by atoms with Crippen LogP contribution in [0.1, 0.15) is 30.4 Å². The lowest BCUT2D eigenvalue weighted by molar-refractivity contribution is -0.121. The number of carbonyl (C=O) groups is 1. The second kappa shape index (κ2) is 10.3. The number of halogens is 2. The topological polar surface area (TPSA) is 50.4 Å². The first-order valence-corrected chi connectivity index (χ1v) is 9.10. The molecule has 1 aliphatic heterocycles. The van der Waals surface area contributed by atoms with Crippen LogP contribution in [0.25, 0.3) is 0 Å². The summed E-state index contributed by atoms with van der Waals surface area (Å²) in [6.45, 7) is 4.57. The molecule has 4 nitrogen and oxygen atoms in total. The lowest BCUT2D eigenvalue weighted by Crippen LogP contribution is -2.23. The Morgan fingerprint density at radius 3 is 2.70 bits per heavy atom. The molecule has 1 heterocycles. The highest BCUT2D eigenvalue weighted by Gasteiger charge is 2.15. The Kier molecular flexibility index (Phi) is 8.07. The average molecular weight is 393 g/mol. The number of nitrogens with one attached hydrogen (secondary N) is 2. The third kappa shape index (κ3) is 6.52. The van der Waals surface area contributed by atoms with Crippen molar-refractivity contribution in [3.8, 4) is 11.5 Å². The van der Waals surface area contributed by atoms with Gasteiger partial charge in [-0.3, -0.25) is 4.79 Å². The highest BCUT2D eigenvalue weighted by Crippen LogP contribution is 2.26. The van der Waals surface area contributed by atoms with E-state index in [1.165, 1.54) is 18.6 Å². The van der Waals surface area contributed by atoms with Gasteiger partial charge >= 0.3 is 0 Å². The zero-order valence-corrected chi connectivity index (χ0v) is 16.3. The zero-order chi connectivity index (χ0) is 18.4. The minimum absolute atomic E-state index is 0. The monoisotopic (exact) mass is 392 g/mol. The number of hydrogen-bond donors (Lipinski definition) is 2. The molecular formula is C21H26ClFN2O2. The van der Waals surface area contributed by atoms with Gasteiger partial charge < -0.3 is 15.4 Å². The van der Waals surface area contributed by atoms with Gasteiger partial charge in [0.15, 0.2) is 0 Å². The van der Waals surface area contributed by atoms with Gasteiger partial charge in [-0.15, -0.1) is 12.4 Å². The van der Waals surface area contributed by atoms with Crippen LogP contribution in [0, 0.1) is 18.7 Å². The first-order chi connectivity index (χ1) is 12.6. The summed E-state index contributed by atoms with van der Waals surface area (Å²) in [5.74, 6) is 1.76. The summed E-state index contributed by atoms with van der Waals surface area (Å²) in [6, 6.07) is 11.8. The first kappa shape index (κ1) is 21.2. The summed E-state index contributed by atoms with van der Waals surface area (Å²) in [4.78, 5) is 12.0. The van der Waals surface area contributed by atoms with E-state index >= 15 is 0 Å². The molecule has 1 aliphatic rings. The van der Waals surface area contributed by atoms with Crippen LogP contribution >= 0.6 is 12.4 Å². The van der Waals surface area contributed by atoms with Gasteiger partial charge in [0, 0.05) is 13.0 Å². The third-order valence-corrected chi connectivity index (χ3v) is 4.71. The summed E-state index contributed by atoms with van der Waals surface area (Å²) >= 11 is 0. The Balaban J connectivity index is 0.00000261. The molecule has 1 atom stereocenters. The number of aryl methyl sites for hydroxylation is 1. The zero-order valence-electron chi connectivity index (χ0n) is 15.5. The number of ether oxygens (including phenoxy) is 1. The standard InChI is InChI=1S/C21H25FN2O2.ClH/c1-15-12-17(14-24-21(25)9-3-16-10-11-23-13-16)2-8-20(15)26-19-6-4-18(22)5-7-19;/h2,4-8,12,16,23H,3,9-11,13-14H2,1H3,(H,24,25);1H. The van der Waals surface area contributed by atoms with E-state index in [1.807, 2.05) is 25.1 Å². The molecule has 0 bridgehead atoms. The van der Waals surface area contributed by atoms with Crippen molar-refractivity contribution in [1.29, 1.82) is 0 Å². The number of rotatable bonds is 7. The van der Waals surface area contributed by atoms with E-state index in [4.69, 9.17) is 4.74 Å². The van der Waals surface area contributed by atoms with Crippen molar-refractivity contribution in [3.05, 3.63) is 59.4 Å². The summed E-state index contributed by atoms with van der Waals surface area (Å²) < 4.78 is 18.7. The van der Waals surface area contributed by atoms with E-state index < -0.39 is 0 Å². The Labute approximate surface area is 165 Å². The molecule has 0 aliphatic carbocycles. The number of carbonyl (C=O) groups excluding carboxylic acids is 1. The van der Waals surface area contributed by atoms with Crippen LogP contribution < -0.4 is 15.4 Å². The quantitative estimate of drug-likeness (QED) is 0.736. The van der Waals surface area contributed by atoms with E-state index in [9.17, 15) is 9.18 Å². The van der Waals surface area contributed by atoms with E-state index in [2.05, 4.69) is 10.6 Å². The molecule has 6 heteroatoms. The highest BCUT2D eigenvalue weighted by molar-refractivity contribution is 5.85. The van der Waals surface area contributed by atoms with Gasteiger partial charge in [-0.25, -0.2) is 4.39 Å². The molecule has 1 fully saturated rings. The molecule has 1 amide bonds. The molecule has 1 saturated heterocycles. The number of hydrogen-bond acceptors (Lipinski definition) is 3. The van der Waals surface area contributed by atoms with Gasteiger partial charge in [0.1, 0.15) is 17.3 Å². The van der Waals surface area contributed by atoms with Crippen LogP contribution in [-0.4, -0.2) is 19.0 Å². The largest absolute Gasteiger partial charge is 0.457 e. The third-order valence-electron chi connectivity index (χ3n) is 4.71.